The lowest BCUT2D eigenvalue weighted by Crippen LogP contribution is -2.36. The zero-order valence-corrected chi connectivity index (χ0v) is 14.5. The Morgan fingerprint density at radius 1 is 1.28 bits per heavy atom. The average molecular weight is 356 g/mol. The van der Waals surface area contributed by atoms with Crippen LogP contribution in [0.15, 0.2) is 67.3 Å². The van der Waals surface area contributed by atoms with Crippen molar-refractivity contribution in [1.29, 1.82) is 0 Å². The lowest BCUT2D eigenvalue weighted by Gasteiger charge is -2.16. The largest absolute Gasteiger partial charge is 0.481 e. The van der Waals surface area contributed by atoms with E-state index >= 15 is 0 Å². The summed E-state index contributed by atoms with van der Waals surface area (Å²) >= 11 is 5.93. The fourth-order valence-corrected chi connectivity index (χ4v) is 2.62. The Labute approximate surface area is 151 Å². The van der Waals surface area contributed by atoms with E-state index in [1.807, 2.05) is 35.0 Å². The molecule has 0 spiro atoms. The number of para-hydroxylation sites is 1. The minimum absolute atomic E-state index is 0.194. The number of ether oxygens (including phenoxy) is 1. The van der Waals surface area contributed by atoms with Gasteiger partial charge in [0.1, 0.15) is 5.75 Å². The van der Waals surface area contributed by atoms with Crippen molar-refractivity contribution in [2.24, 2.45) is 0 Å². The van der Waals surface area contributed by atoms with Gasteiger partial charge in [0.05, 0.1) is 12.0 Å². The summed E-state index contributed by atoms with van der Waals surface area (Å²) in [6.07, 6.45) is 4.69. The molecule has 1 N–H and O–H groups in total. The third-order valence-electron chi connectivity index (χ3n) is 3.71. The SMILES string of the molecule is C[C@@H](Oc1cccc(Cl)c1)C(=O)NCc1ccccc1-n1ccnc1. The van der Waals surface area contributed by atoms with Gasteiger partial charge in [0.2, 0.25) is 0 Å². The molecule has 0 aliphatic heterocycles. The van der Waals surface area contributed by atoms with E-state index in [2.05, 4.69) is 10.3 Å². The molecule has 6 heteroatoms. The van der Waals surface area contributed by atoms with Crippen molar-refractivity contribution in [3.8, 4) is 11.4 Å². The first-order chi connectivity index (χ1) is 12.1. The number of nitrogens with one attached hydrogen (secondary N) is 1. The molecule has 3 rings (SSSR count). The van der Waals surface area contributed by atoms with Crippen molar-refractivity contribution in [3.63, 3.8) is 0 Å². The highest BCUT2D eigenvalue weighted by Crippen LogP contribution is 2.18. The zero-order valence-electron chi connectivity index (χ0n) is 13.7. The predicted molar refractivity (Wildman–Crippen MR) is 97.0 cm³/mol. The van der Waals surface area contributed by atoms with E-state index in [1.54, 1.807) is 43.7 Å². The molecular weight excluding hydrogens is 338 g/mol. The summed E-state index contributed by atoms with van der Waals surface area (Å²) in [5, 5.41) is 3.47. The number of amides is 1. The lowest BCUT2D eigenvalue weighted by molar-refractivity contribution is -0.127. The van der Waals surface area contributed by atoms with E-state index in [9.17, 15) is 4.79 Å². The first-order valence-electron chi connectivity index (χ1n) is 7.89. The Morgan fingerprint density at radius 3 is 2.88 bits per heavy atom. The van der Waals surface area contributed by atoms with Crippen molar-refractivity contribution >= 4 is 17.5 Å². The van der Waals surface area contributed by atoms with Crippen LogP contribution >= 0.6 is 11.6 Å². The average Bonchev–Trinajstić information content (AvgIpc) is 3.14. The van der Waals surface area contributed by atoms with Crippen LogP contribution in [0.1, 0.15) is 12.5 Å². The second-order valence-electron chi connectivity index (χ2n) is 5.53. The molecule has 128 valence electrons. The normalized spacial score (nSPS) is 11.8. The van der Waals surface area contributed by atoms with Crippen LogP contribution < -0.4 is 10.1 Å². The third kappa shape index (κ3) is 4.39. The predicted octanol–water partition coefficient (Wildman–Crippen LogP) is 3.61. The number of hydrogen-bond donors (Lipinski definition) is 1. The number of aromatic nitrogens is 2. The molecule has 1 aromatic heterocycles. The van der Waals surface area contributed by atoms with Crippen molar-refractivity contribution < 1.29 is 9.53 Å². The molecule has 0 bridgehead atoms. The third-order valence-corrected chi connectivity index (χ3v) is 3.94. The van der Waals surface area contributed by atoms with Gasteiger partial charge in [-0.3, -0.25) is 4.79 Å². The Hall–Kier alpha value is -2.79. The van der Waals surface area contributed by atoms with Crippen LogP contribution in [-0.4, -0.2) is 21.6 Å². The second-order valence-corrected chi connectivity index (χ2v) is 5.97. The molecule has 0 fully saturated rings. The number of carbonyl (C=O) groups is 1. The summed E-state index contributed by atoms with van der Waals surface area (Å²) in [4.78, 5) is 16.4. The maximum Gasteiger partial charge on any atom is 0.261 e. The lowest BCUT2D eigenvalue weighted by atomic mass is 10.1. The fourth-order valence-electron chi connectivity index (χ4n) is 2.44. The fraction of sp³-hybridized carbons (Fsp3) is 0.158. The van der Waals surface area contributed by atoms with E-state index in [0.717, 1.165) is 11.3 Å². The summed E-state index contributed by atoms with van der Waals surface area (Å²) in [6, 6.07) is 14.8. The van der Waals surface area contributed by atoms with Crippen LogP contribution in [0.25, 0.3) is 5.69 Å². The number of imidazole rings is 1. The summed E-state index contributed by atoms with van der Waals surface area (Å²) in [5.41, 5.74) is 1.97. The molecule has 2 aromatic carbocycles. The highest BCUT2D eigenvalue weighted by Gasteiger charge is 2.15. The monoisotopic (exact) mass is 355 g/mol. The molecule has 1 heterocycles. The first-order valence-corrected chi connectivity index (χ1v) is 8.27. The van der Waals surface area contributed by atoms with Gasteiger partial charge in [-0.15, -0.1) is 0 Å². The maximum absolute atomic E-state index is 12.3. The van der Waals surface area contributed by atoms with Gasteiger partial charge in [-0.2, -0.15) is 0 Å². The minimum atomic E-state index is -0.626. The van der Waals surface area contributed by atoms with Crippen LogP contribution in [-0.2, 0) is 11.3 Å². The van der Waals surface area contributed by atoms with E-state index in [-0.39, 0.29) is 5.91 Å². The highest BCUT2D eigenvalue weighted by molar-refractivity contribution is 6.30. The van der Waals surface area contributed by atoms with Gasteiger partial charge in [-0.1, -0.05) is 35.9 Å². The first kappa shape index (κ1) is 17.0. The molecule has 0 saturated carbocycles. The standard InChI is InChI=1S/C19H18ClN3O2/c1-14(25-17-7-4-6-16(20)11-17)19(24)22-12-15-5-2-3-8-18(15)23-10-9-21-13-23/h2-11,13-14H,12H2,1H3,(H,22,24)/t14-/m1/s1. The van der Waals surface area contributed by atoms with E-state index in [4.69, 9.17) is 16.3 Å². The quantitative estimate of drug-likeness (QED) is 0.735. The van der Waals surface area contributed by atoms with Crippen molar-refractivity contribution in [2.45, 2.75) is 19.6 Å². The minimum Gasteiger partial charge on any atom is -0.481 e. The summed E-state index contributed by atoms with van der Waals surface area (Å²) in [7, 11) is 0. The van der Waals surface area contributed by atoms with Gasteiger partial charge in [0.15, 0.2) is 6.10 Å². The zero-order chi connectivity index (χ0) is 17.6. The molecule has 0 unspecified atom stereocenters. The van der Waals surface area contributed by atoms with Crippen LogP contribution in [0.3, 0.4) is 0 Å². The molecule has 0 saturated heterocycles. The molecule has 25 heavy (non-hydrogen) atoms. The topological polar surface area (TPSA) is 56.1 Å². The van der Waals surface area contributed by atoms with Crippen molar-refractivity contribution in [2.75, 3.05) is 0 Å². The van der Waals surface area contributed by atoms with Crippen LogP contribution in [0.5, 0.6) is 5.75 Å². The number of nitrogens with zero attached hydrogens (tertiary/aromatic N) is 2. The van der Waals surface area contributed by atoms with E-state index in [0.29, 0.717) is 17.3 Å². The number of hydrogen-bond acceptors (Lipinski definition) is 3. The Kier molecular flexibility index (Phi) is 5.36. The van der Waals surface area contributed by atoms with E-state index < -0.39 is 6.10 Å². The Morgan fingerprint density at radius 2 is 2.12 bits per heavy atom. The van der Waals surface area contributed by atoms with Crippen molar-refractivity contribution in [1.82, 2.24) is 14.9 Å². The smallest absolute Gasteiger partial charge is 0.261 e. The van der Waals surface area contributed by atoms with Gasteiger partial charge in [-0.25, -0.2) is 4.98 Å². The number of rotatable bonds is 6. The van der Waals surface area contributed by atoms with Gasteiger partial charge >= 0.3 is 0 Å². The molecule has 1 amide bonds. The molecule has 0 aliphatic rings. The summed E-state index contributed by atoms with van der Waals surface area (Å²) in [6.45, 7) is 2.11. The van der Waals surface area contributed by atoms with Gasteiger partial charge in [-0.05, 0) is 36.8 Å². The molecular formula is C19H18ClN3O2. The summed E-state index contributed by atoms with van der Waals surface area (Å²) in [5.74, 6) is 0.370. The van der Waals surface area contributed by atoms with Crippen LogP contribution in [0.2, 0.25) is 5.02 Å². The number of benzene rings is 2. The Balaban J connectivity index is 1.63. The van der Waals surface area contributed by atoms with Gasteiger partial charge in [0, 0.05) is 24.0 Å². The van der Waals surface area contributed by atoms with Crippen LogP contribution in [0.4, 0.5) is 0 Å². The van der Waals surface area contributed by atoms with Gasteiger partial charge < -0.3 is 14.6 Å². The highest BCUT2D eigenvalue weighted by atomic mass is 35.5. The second kappa shape index (κ2) is 7.85. The number of carbonyl (C=O) groups excluding carboxylic acids is 1. The van der Waals surface area contributed by atoms with Crippen LogP contribution in [0, 0.1) is 0 Å². The van der Waals surface area contributed by atoms with Gasteiger partial charge in [0.25, 0.3) is 5.91 Å². The molecule has 5 nitrogen and oxygen atoms in total. The maximum atomic E-state index is 12.3. The molecule has 0 radical (unpaired) electrons. The van der Waals surface area contributed by atoms with Crippen molar-refractivity contribution in [3.05, 3.63) is 77.8 Å². The van der Waals surface area contributed by atoms with E-state index in [1.165, 1.54) is 0 Å². The molecule has 0 aliphatic carbocycles. The number of halogens is 1. The summed E-state index contributed by atoms with van der Waals surface area (Å²) < 4.78 is 7.55. The molecule has 3 aromatic rings. The molecule has 1 atom stereocenters. The Bertz CT molecular complexity index is 849.